The minimum Gasteiger partial charge on any atom is -0.486 e. The number of carbonyl (C=O) groups is 1. The average molecular weight is 535 g/mol. The summed E-state index contributed by atoms with van der Waals surface area (Å²) >= 11 is 0. The Morgan fingerprint density at radius 1 is 1.18 bits per heavy atom. The van der Waals surface area contributed by atoms with Crippen molar-refractivity contribution in [1.82, 2.24) is 19.9 Å². The van der Waals surface area contributed by atoms with Crippen LogP contribution in [0.2, 0.25) is 0 Å². The lowest BCUT2D eigenvalue weighted by Crippen LogP contribution is -2.32. The molecule has 0 radical (unpaired) electrons. The molecule has 0 bridgehead atoms. The molecule has 0 saturated heterocycles. The Bertz CT molecular complexity index is 1520. The lowest BCUT2D eigenvalue weighted by atomic mass is 9.86. The van der Waals surface area contributed by atoms with Crippen LogP contribution in [0.5, 0.6) is 5.75 Å². The van der Waals surface area contributed by atoms with Gasteiger partial charge in [0.05, 0.1) is 11.9 Å². The molecule has 1 N–H and O–H groups in total. The molecule has 39 heavy (non-hydrogen) atoms. The fraction of sp³-hybridized carbons (Fsp3) is 0.367. The Hall–Kier alpha value is -3.85. The number of fused-ring (bicyclic) bond motifs is 2. The molecule has 4 aromatic rings. The van der Waals surface area contributed by atoms with E-state index in [-0.39, 0.29) is 29.4 Å². The van der Waals surface area contributed by atoms with Gasteiger partial charge in [0.1, 0.15) is 11.6 Å². The number of ether oxygens (including phenoxy) is 1. The summed E-state index contributed by atoms with van der Waals surface area (Å²) in [6.07, 6.45) is 0.298. The molecular weight excluding hydrogens is 502 g/mol. The molecule has 7 nitrogen and oxygen atoms in total. The highest BCUT2D eigenvalue weighted by atomic mass is 19.1. The third-order valence-corrected chi connectivity index (χ3v) is 7.52. The van der Waals surface area contributed by atoms with E-state index in [9.17, 15) is 14.3 Å². The predicted octanol–water partition coefficient (Wildman–Crippen LogP) is 5.82. The van der Waals surface area contributed by atoms with E-state index in [4.69, 9.17) is 4.74 Å². The maximum atomic E-state index is 15.7. The van der Waals surface area contributed by atoms with Crippen molar-refractivity contribution in [2.75, 3.05) is 6.54 Å². The molecule has 0 saturated carbocycles. The van der Waals surface area contributed by atoms with Gasteiger partial charge in [-0.25, -0.2) is 13.5 Å². The maximum Gasteiger partial charge on any atom is 0.304 e. The molecule has 2 unspecified atom stereocenters. The highest BCUT2D eigenvalue weighted by molar-refractivity contribution is 5.77. The number of aliphatic carboxylic acids is 1. The molecule has 0 aliphatic carbocycles. The molecule has 0 spiro atoms. The van der Waals surface area contributed by atoms with E-state index in [2.05, 4.69) is 15.2 Å². The Kier molecular flexibility index (Phi) is 7.61. The third-order valence-electron chi connectivity index (χ3n) is 7.52. The van der Waals surface area contributed by atoms with Gasteiger partial charge in [0.15, 0.2) is 17.4 Å². The monoisotopic (exact) mass is 534 g/mol. The summed E-state index contributed by atoms with van der Waals surface area (Å²) in [5.41, 5.74) is 4.52. The number of aryl methyl sites for hydroxylation is 2. The normalized spacial score (nSPS) is 16.5. The number of aromatic nitrogens is 3. The van der Waals surface area contributed by atoms with E-state index >= 15 is 4.39 Å². The molecule has 0 fully saturated rings. The number of para-hydroxylation sites is 1. The number of nitrogens with zero attached hydrogens (tertiary/aromatic N) is 4. The number of carboxylic acids is 1. The van der Waals surface area contributed by atoms with Crippen LogP contribution in [-0.2, 0) is 24.4 Å². The molecule has 2 heterocycles. The summed E-state index contributed by atoms with van der Waals surface area (Å²) < 4.78 is 37.8. The van der Waals surface area contributed by atoms with Crippen molar-refractivity contribution >= 4 is 17.0 Å². The molecule has 2 atom stereocenters. The third kappa shape index (κ3) is 5.36. The fourth-order valence-corrected chi connectivity index (χ4v) is 5.36. The first-order valence-corrected chi connectivity index (χ1v) is 13.3. The summed E-state index contributed by atoms with van der Waals surface area (Å²) in [5, 5.41) is 17.8. The molecule has 1 aromatic heterocycles. The maximum absolute atomic E-state index is 15.7. The first-order chi connectivity index (χ1) is 18.8. The Morgan fingerprint density at radius 2 is 2.00 bits per heavy atom. The van der Waals surface area contributed by atoms with Gasteiger partial charge < -0.3 is 9.84 Å². The topological polar surface area (TPSA) is 80.5 Å². The lowest BCUT2D eigenvalue weighted by molar-refractivity contribution is -0.137. The van der Waals surface area contributed by atoms with Crippen LogP contribution in [0, 0.1) is 18.6 Å². The van der Waals surface area contributed by atoms with Crippen LogP contribution in [0.25, 0.3) is 11.0 Å². The van der Waals surface area contributed by atoms with Crippen LogP contribution >= 0.6 is 0 Å². The number of rotatable bonds is 8. The van der Waals surface area contributed by atoms with E-state index < -0.39 is 17.7 Å². The fourth-order valence-electron chi connectivity index (χ4n) is 5.36. The Labute approximate surface area is 226 Å². The van der Waals surface area contributed by atoms with E-state index in [0.717, 1.165) is 23.1 Å². The van der Waals surface area contributed by atoms with Gasteiger partial charge >= 0.3 is 5.97 Å². The van der Waals surface area contributed by atoms with Gasteiger partial charge in [-0.15, -0.1) is 5.10 Å². The lowest BCUT2D eigenvalue weighted by Gasteiger charge is -2.25. The summed E-state index contributed by atoms with van der Waals surface area (Å²) in [6, 6.07) is 14.2. The molecule has 1 aliphatic heterocycles. The van der Waals surface area contributed by atoms with Crippen molar-refractivity contribution in [2.45, 2.75) is 65.3 Å². The zero-order chi connectivity index (χ0) is 27.7. The smallest absolute Gasteiger partial charge is 0.304 e. The van der Waals surface area contributed by atoms with Crippen LogP contribution in [0.3, 0.4) is 0 Å². The van der Waals surface area contributed by atoms with Crippen LogP contribution in [0.15, 0.2) is 48.5 Å². The van der Waals surface area contributed by atoms with Crippen molar-refractivity contribution in [3.05, 3.63) is 88.0 Å². The molecule has 204 valence electrons. The van der Waals surface area contributed by atoms with E-state index in [1.54, 1.807) is 22.9 Å². The van der Waals surface area contributed by atoms with Gasteiger partial charge in [-0.1, -0.05) is 48.5 Å². The van der Waals surface area contributed by atoms with Crippen LogP contribution in [0.4, 0.5) is 8.78 Å². The minimum absolute atomic E-state index is 0.137. The first-order valence-electron chi connectivity index (χ1n) is 13.3. The van der Waals surface area contributed by atoms with Crippen molar-refractivity contribution in [3.63, 3.8) is 0 Å². The highest BCUT2D eigenvalue weighted by Crippen LogP contribution is 2.35. The zero-order valence-electron chi connectivity index (χ0n) is 22.3. The minimum atomic E-state index is -1.02. The Morgan fingerprint density at radius 3 is 2.74 bits per heavy atom. The van der Waals surface area contributed by atoms with Gasteiger partial charge in [0, 0.05) is 37.7 Å². The first kappa shape index (κ1) is 26.7. The number of benzene rings is 3. The molecule has 1 aliphatic rings. The molecule has 0 amide bonds. The molecule has 3 aromatic carbocycles. The summed E-state index contributed by atoms with van der Waals surface area (Å²) in [6.45, 7) is 8.15. The second kappa shape index (κ2) is 11.1. The summed E-state index contributed by atoms with van der Waals surface area (Å²) in [5.74, 6) is -2.32. The summed E-state index contributed by atoms with van der Waals surface area (Å²) in [7, 11) is 0. The molecular formula is C30H32F2N4O3. The highest BCUT2D eigenvalue weighted by Gasteiger charge is 2.27. The number of hydrogen-bond donors (Lipinski definition) is 1. The van der Waals surface area contributed by atoms with Gasteiger partial charge in [0.2, 0.25) is 0 Å². The molecule has 9 heteroatoms. The van der Waals surface area contributed by atoms with Crippen molar-refractivity contribution < 1.29 is 23.4 Å². The van der Waals surface area contributed by atoms with Crippen molar-refractivity contribution in [2.24, 2.45) is 0 Å². The van der Waals surface area contributed by atoms with Crippen LogP contribution in [0.1, 0.15) is 60.4 Å². The van der Waals surface area contributed by atoms with Crippen molar-refractivity contribution in [3.8, 4) is 5.75 Å². The quantitative estimate of drug-likeness (QED) is 0.307. The van der Waals surface area contributed by atoms with Crippen LogP contribution < -0.4 is 4.74 Å². The summed E-state index contributed by atoms with van der Waals surface area (Å²) in [4.78, 5) is 14.1. The Balaban J connectivity index is 1.50. The molecule has 5 rings (SSSR count). The van der Waals surface area contributed by atoms with Gasteiger partial charge in [-0.05, 0) is 54.7 Å². The van der Waals surface area contributed by atoms with Crippen molar-refractivity contribution in [1.29, 1.82) is 0 Å². The van der Waals surface area contributed by atoms with E-state index in [0.29, 0.717) is 43.0 Å². The average Bonchev–Trinajstić information content (AvgIpc) is 3.25. The van der Waals surface area contributed by atoms with Crippen LogP contribution in [-0.4, -0.2) is 43.6 Å². The largest absolute Gasteiger partial charge is 0.486 e. The second-order valence-electron chi connectivity index (χ2n) is 10.1. The standard InChI is InChI=1S/C30H32F2N4O3/c1-4-22-17-35(15-20-7-6-8-25(31)30(20)39-22)16-21-13-19(10-9-18(21)3)24(14-27(37)38)23-11-12-26-29(28(23)32)33-34-36(26)5-2/h6-13,22,24H,4-5,14-17H2,1-3H3,(H,37,38). The number of halogens is 2. The number of carboxylic acid groups (broad SMARTS) is 1. The second-order valence-corrected chi connectivity index (χ2v) is 10.1. The SMILES string of the molecule is CCC1CN(Cc2cc(C(CC(=O)O)c3ccc4c(nnn4CC)c3F)ccc2C)Cc2cccc(F)c2O1. The van der Waals surface area contributed by atoms with E-state index in [1.807, 2.05) is 45.0 Å². The number of hydrogen-bond acceptors (Lipinski definition) is 5. The predicted molar refractivity (Wildman–Crippen MR) is 144 cm³/mol. The zero-order valence-corrected chi connectivity index (χ0v) is 22.3. The van der Waals surface area contributed by atoms with E-state index in [1.165, 1.54) is 6.07 Å². The van der Waals surface area contributed by atoms with Gasteiger partial charge in [0.25, 0.3) is 0 Å². The van der Waals surface area contributed by atoms with Gasteiger partial charge in [-0.3, -0.25) is 9.69 Å². The van der Waals surface area contributed by atoms with Gasteiger partial charge in [-0.2, -0.15) is 0 Å².